The largest absolute Gasteiger partial charge is 0.480 e. The number of aliphatic carboxylic acids is 1. The number of nitrogens with zero attached hydrogens (tertiary/aromatic N) is 1. The first-order chi connectivity index (χ1) is 7.45. The van der Waals surface area contributed by atoms with Crippen LogP contribution in [0.2, 0.25) is 0 Å². The van der Waals surface area contributed by atoms with E-state index in [1.165, 1.54) is 4.90 Å². The Morgan fingerprint density at radius 3 is 2.50 bits per heavy atom. The molecular formula is C10H18N2O4. The van der Waals surface area contributed by atoms with Crippen LogP contribution in [0.1, 0.15) is 13.3 Å². The molecule has 0 radical (unpaired) electrons. The minimum Gasteiger partial charge on any atom is -0.480 e. The second kappa shape index (κ2) is 5.16. The fraction of sp³-hybridized carbons (Fsp3) is 0.800. The Hall–Kier alpha value is -1.30. The molecule has 0 bridgehead atoms. The number of carboxylic acid groups (broad SMARTS) is 1. The minimum atomic E-state index is -1.23. The fourth-order valence-corrected chi connectivity index (χ4v) is 1.53. The Morgan fingerprint density at radius 2 is 2.12 bits per heavy atom. The molecule has 0 aromatic heterocycles. The summed E-state index contributed by atoms with van der Waals surface area (Å²) in [5.41, 5.74) is 0. The smallest absolute Gasteiger partial charge is 0.328 e. The number of carbonyl (C=O) groups is 2. The van der Waals surface area contributed by atoms with Crippen LogP contribution in [0.25, 0.3) is 0 Å². The zero-order chi connectivity index (χ0) is 12.3. The van der Waals surface area contributed by atoms with Gasteiger partial charge in [0.15, 0.2) is 6.04 Å². The number of hydrogen-bond acceptors (Lipinski definition) is 3. The van der Waals surface area contributed by atoms with E-state index in [9.17, 15) is 9.59 Å². The average molecular weight is 230 g/mol. The second-order valence-electron chi connectivity index (χ2n) is 4.38. The Balaban J connectivity index is 2.35. The molecule has 6 nitrogen and oxygen atoms in total. The summed E-state index contributed by atoms with van der Waals surface area (Å²) < 4.78 is 0. The van der Waals surface area contributed by atoms with E-state index in [1.54, 1.807) is 7.05 Å². The van der Waals surface area contributed by atoms with Crippen molar-refractivity contribution in [2.24, 2.45) is 11.8 Å². The van der Waals surface area contributed by atoms with E-state index in [0.29, 0.717) is 18.4 Å². The van der Waals surface area contributed by atoms with Crippen LogP contribution in [-0.2, 0) is 4.79 Å². The number of aliphatic hydroxyl groups is 1. The van der Waals surface area contributed by atoms with Gasteiger partial charge in [-0.2, -0.15) is 0 Å². The molecule has 1 aliphatic rings. The maximum absolute atomic E-state index is 11.5. The van der Waals surface area contributed by atoms with E-state index in [0.717, 1.165) is 6.42 Å². The van der Waals surface area contributed by atoms with E-state index in [-0.39, 0.29) is 0 Å². The molecule has 1 fully saturated rings. The van der Waals surface area contributed by atoms with E-state index in [2.05, 4.69) is 12.2 Å². The minimum absolute atomic E-state index is 0.458. The molecule has 3 unspecified atom stereocenters. The molecule has 1 saturated carbocycles. The number of rotatable bonds is 5. The highest BCUT2D eigenvalue weighted by atomic mass is 16.4. The molecule has 3 N–H and O–H groups in total. The van der Waals surface area contributed by atoms with Crippen molar-refractivity contribution in [3.05, 3.63) is 0 Å². The Labute approximate surface area is 94.2 Å². The lowest BCUT2D eigenvalue weighted by atomic mass is 10.3. The van der Waals surface area contributed by atoms with E-state index >= 15 is 0 Å². The predicted octanol–water partition coefficient (Wildman–Crippen LogP) is -0.271. The molecule has 0 saturated heterocycles. The van der Waals surface area contributed by atoms with Crippen LogP contribution in [0, 0.1) is 11.8 Å². The molecule has 3 atom stereocenters. The molecule has 1 aliphatic carbocycles. The normalized spacial score (nSPS) is 24.7. The quantitative estimate of drug-likeness (QED) is 0.606. The lowest BCUT2D eigenvalue weighted by Gasteiger charge is -2.20. The molecule has 0 heterocycles. The first-order valence-corrected chi connectivity index (χ1v) is 5.31. The molecule has 92 valence electrons. The molecule has 6 heteroatoms. The third kappa shape index (κ3) is 3.37. The summed E-state index contributed by atoms with van der Waals surface area (Å²) in [6.07, 6.45) is 1.11. The number of aliphatic hydroxyl groups excluding tert-OH is 1. The van der Waals surface area contributed by atoms with E-state index in [1.807, 2.05) is 0 Å². The number of hydrogen-bond donors (Lipinski definition) is 3. The SMILES string of the molecule is CC1CC1CN(C)C(=O)NC(CO)C(=O)O. The van der Waals surface area contributed by atoms with Gasteiger partial charge >= 0.3 is 12.0 Å². The van der Waals surface area contributed by atoms with Crippen molar-refractivity contribution in [2.45, 2.75) is 19.4 Å². The third-order valence-electron chi connectivity index (χ3n) is 2.91. The summed E-state index contributed by atoms with van der Waals surface area (Å²) >= 11 is 0. The highest BCUT2D eigenvalue weighted by molar-refractivity contribution is 5.82. The first-order valence-electron chi connectivity index (χ1n) is 5.31. The summed E-state index contributed by atoms with van der Waals surface area (Å²) in [6.45, 7) is 2.14. The molecule has 0 aromatic carbocycles. The van der Waals surface area contributed by atoms with Crippen LogP contribution in [0.5, 0.6) is 0 Å². The highest BCUT2D eigenvalue weighted by Gasteiger charge is 2.34. The number of urea groups is 1. The molecule has 2 amide bonds. The summed E-state index contributed by atoms with van der Waals surface area (Å²) in [6, 6.07) is -1.69. The van der Waals surface area contributed by atoms with Crippen LogP contribution in [0.3, 0.4) is 0 Å². The summed E-state index contributed by atoms with van der Waals surface area (Å²) in [7, 11) is 1.62. The lowest BCUT2D eigenvalue weighted by Crippen LogP contribution is -2.48. The summed E-state index contributed by atoms with van der Waals surface area (Å²) in [4.78, 5) is 23.6. The summed E-state index contributed by atoms with van der Waals surface area (Å²) in [5, 5.41) is 19.6. The lowest BCUT2D eigenvalue weighted by molar-refractivity contribution is -0.140. The molecule has 16 heavy (non-hydrogen) atoms. The van der Waals surface area contributed by atoms with Crippen molar-refractivity contribution in [1.29, 1.82) is 0 Å². The molecule has 0 spiro atoms. The second-order valence-corrected chi connectivity index (χ2v) is 4.38. The molecule has 1 rings (SSSR count). The molecule has 0 aliphatic heterocycles. The van der Waals surface area contributed by atoms with Gasteiger partial charge in [0.05, 0.1) is 6.61 Å². The average Bonchev–Trinajstić information content (AvgIpc) is 2.89. The van der Waals surface area contributed by atoms with Crippen molar-refractivity contribution in [2.75, 3.05) is 20.2 Å². The maximum Gasteiger partial charge on any atom is 0.328 e. The topological polar surface area (TPSA) is 89.9 Å². The van der Waals surface area contributed by atoms with Crippen molar-refractivity contribution < 1.29 is 19.8 Å². The number of carbonyl (C=O) groups excluding carboxylic acids is 1. The third-order valence-corrected chi connectivity index (χ3v) is 2.91. The van der Waals surface area contributed by atoms with Gasteiger partial charge in [0.25, 0.3) is 0 Å². The van der Waals surface area contributed by atoms with Crippen LogP contribution >= 0.6 is 0 Å². The monoisotopic (exact) mass is 230 g/mol. The van der Waals surface area contributed by atoms with Gasteiger partial charge in [0.1, 0.15) is 0 Å². The van der Waals surface area contributed by atoms with Crippen LogP contribution in [0.15, 0.2) is 0 Å². The van der Waals surface area contributed by atoms with Gasteiger partial charge in [-0.1, -0.05) is 6.92 Å². The number of nitrogens with one attached hydrogen (secondary N) is 1. The van der Waals surface area contributed by atoms with E-state index < -0.39 is 24.6 Å². The maximum atomic E-state index is 11.5. The van der Waals surface area contributed by atoms with Crippen LogP contribution < -0.4 is 5.32 Å². The zero-order valence-corrected chi connectivity index (χ0v) is 9.51. The summed E-state index contributed by atoms with van der Waals surface area (Å²) in [5.74, 6) is -0.0689. The Bertz CT molecular complexity index is 282. The van der Waals surface area contributed by atoms with Crippen molar-refractivity contribution in [3.8, 4) is 0 Å². The standard InChI is InChI=1S/C10H18N2O4/c1-6-3-7(6)4-12(2)10(16)11-8(5-13)9(14)15/h6-8,13H,3-5H2,1-2H3,(H,11,16)(H,14,15). The van der Waals surface area contributed by atoms with Gasteiger partial charge in [-0.15, -0.1) is 0 Å². The molecular weight excluding hydrogens is 212 g/mol. The Kier molecular flexibility index (Phi) is 4.12. The highest BCUT2D eigenvalue weighted by Crippen LogP contribution is 2.37. The van der Waals surface area contributed by atoms with Gasteiger partial charge in [0.2, 0.25) is 0 Å². The van der Waals surface area contributed by atoms with Gasteiger partial charge in [-0.25, -0.2) is 9.59 Å². The van der Waals surface area contributed by atoms with Crippen molar-refractivity contribution in [1.82, 2.24) is 10.2 Å². The van der Waals surface area contributed by atoms with E-state index in [4.69, 9.17) is 10.2 Å². The first kappa shape index (κ1) is 12.8. The van der Waals surface area contributed by atoms with Gasteiger partial charge in [0, 0.05) is 13.6 Å². The zero-order valence-electron chi connectivity index (χ0n) is 9.51. The molecule has 0 aromatic rings. The van der Waals surface area contributed by atoms with Gasteiger partial charge in [-0.3, -0.25) is 0 Å². The predicted molar refractivity (Wildman–Crippen MR) is 56.9 cm³/mol. The van der Waals surface area contributed by atoms with Crippen molar-refractivity contribution in [3.63, 3.8) is 0 Å². The van der Waals surface area contributed by atoms with Crippen LogP contribution in [0.4, 0.5) is 4.79 Å². The van der Waals surface area contributed by atoms with Crippen molar-refractivity contribution >= 4 is 12.0 Å². The fourth-order valence-electron chi connectivity index (χ4n) is 1.53. The van der Waals surface area contributed by atoms with Crippen LogP contribution in [-0.4, -0.2) is 53.4 Å². The van der Waals surface area contributed by atoms with Gasteiger partial charge < -0.3 is 20.4 Å². The van der Waals surface area contributed by atoms with Gasteiger partial charge in [-0.05, 0) is 18.3 Å². The number of carboxylic acids is 1. The Morgan fingerprint density at radius 1 is 1.56 bits per heavy atom. The number of amides is 2.